The number of anilines is 1. The number of urea groups is 1. The minimum atomic E-state index is -0.852. The van der Waals surface area contributed by atoms with Crippen molar-refractivity contribution >= 4 is 17.4 Å². The van der Waals surface area contributed by atoms with Gasteiger partial charge in [0.15, 0.2) is 0 Å². The summed E-state index contributed by atoms with van der Waals surface area (Å²) in [5.41, 5.74) is 4.70. The minimum absolute atomic E-state index is 0.0475. The van der Waals surface area contributed by atoms with Gasteiger partial charge in [-0.15, -0.1) is 0 Å². The van der Waals surface area contributed by atoms with Gasteiger partial charge in [0.1, 0.15) is 11.4 Å². The molecular weight excluding hydrogens is 226 g/mol. The van der Waals surface area contributed by atoms with E-state index < -0.39 is 11.0 Å². The molecule has 3 N–H and O–H groups in total. The Bertz CT molecular complexity index is 434. The Morgan fingerprint density at radius 1 is 1.59 bits per heavy atom. The molecule has 0 aliphatic carbocycles. The Balaban J connectivity index is 2.99. The van der Waals surface area contributed by atoms with Crippen molar-refractivity contribution in [3.05, 3.63) is 28.3 Å². The van der Waals surface area contributed by atoms with Crippen LogP contribution in [0.5, 0.6) is 5.75 Å². The molecule has 92 valence electrons. The summed E-state index contributed by atoms with van der Waals surface area (Å²) < 4.78 is 5.26. The summed E-state index contributed by atoms with van der Waals surface area (Å²) in [7, 11) is 0. The molecule has 0 heterocycles. The number of ether oxygens (including phenoxy) is 1. The van der Waals surface area contributed by atoms with Gasteiger partial charge in [0, 0.05) is 0 Å². The summed E-state index contributed by atoms with van der Waals surface area (Å²) in [6.45, 7) is 2.40. The van der Waals surface area contributed by atoms with E-state index in [0.717, 1.165) is 6.42 Å². The number of nitro benzene ring substituents is 1. The normalized spacial score (nSPS) is 9.71. The molecule has 1 aromatic rings. The highest BCUT2D eigenvalue weighted by atomic mass is 16.6. The lowest BCUT2D eigenvalue weighted by atomic mass is 10.2. The predicted octanol–water partition coefficient (Wildman–Crippen LogP) is 1.87. The summed E-state index contributed by atoms with van der Waals surface area (Å²) in [5, 5.41) is 13.0. The predicted molar refractivity (Wildman–Crippen MR) is 62.1 cm³/mol. The van der Waals surface area contributed by atoms with Gasteiger partial charge in [-0.3, -0.25) is 10.1 Å². The highest BCUT2D eigenvalue weighted by Crippen LogP contribution is 2.28. The number of hydrogen-bond acceptors (Lipinski definition) is 4. The number of carbonyl (C=O) groups excluding carboxylic acids is 1. The fourth-order valence-electron chi connectivity index (χ4n) is 1.21. The van der Waals surface area contributed by atoms with Crippen LogP contribution in [-0.4, -0.2) is 17.6 Å². The number of nitrogens with zero attached hydrogens (tertiary/aromatic N) is 1. The van der Waals surface area contributed by atoms with Crippen LogP contribution in [0.25, 0.3) is 0 Å². The first-order valence-electron chi connectivity index (χ1n) is 5.02. The van der Waals surface area contributed by atoms with Crippen molar-refractivity contribution in [2.75, 3.05) is 11.9 Å². The maximum absolute atomic E-state index is 10.8. The summed E-state index contributed by atoms with van der Waals surface area (Å²) in [5.74, 6) is 0.383. The first-order chi connectivity index (χ1) is 8.04. The molecule has 1 aromatic carbocycles. The summed E-state index contributed by atoms with van der Waals surface area (Å²) in [6.07, 6.45) is 0.801. The van der Waals surface area contributed by atoms with Crippen molar-refractivity contribution < 1.29 is 14.5 Å². The molecule has 2 amide bonds. The zero-order chi connectivity index (χ0) is 12.8. The Hall–Kier alpha value is -2.31. The number of rotatable bonds is 5. The minimum Gasteiger partial charge on any atom is -0.493 e. The monoisotopic (exact) mass is 239 g/mol. The summed E-state index contributed by atoms with van der Waals surface area (Å²) in [6, 6.07) is 3.32. The molecule has 0 aliphatic heterocycles. The number of carbonyl (C=O) groups is 1. The van der Waals surface area contributed by atoms with E-state index in [2.05, 4.69) is 5.32 Å². The molecule has 0 saturated heterocycles. The van der Waals surface area contributed by atoms with E-state index in [1.807, 2.05) is 6.92 Å². The van der Waals surface area contributed by atoms with Crippen LogP contribution < -0.4 is 15.8 Å². The maximum atomic E-state index is 10.8. The van der Waals surface area contributed by atoms with Crippen LogP contribution in [0, 0.1) is 10.1 Å². The average molecular weight is 239 g/mol. The second kappa shape index (κ2) is 5.69. The zero-order valence-corrected chi connectivity index (χ0v) is 9.30. The van der Waals surface area contributed by atoms with E-state index in [0.29, 0.717) is 12.4 Å². The number of nitrogens with one attached hydrogen (secondary N) is 1. The number of nitro groups is 1. The molecule has 7 heteroatoms. The van der Waals surface area contributed by atoms with E-state index in [9.17, 15) is 14.9 Å². The lowest BCUT2D eigenvalue weighted by molar-refractivity contribution is -0.384. The largest absolute Gasteiger partial charge is 0.493 e. The summed E-state index contributed by atoms with van der Waals surface area (Å²) >= 11 is 0. The number of amides is 2. The second-order valence-electron chi connectivity index (χ2n) is 3.27. The fourth-order valence-corrected chi connectivity index (χ4v) is 1.21. The van der Waals surface area contributed by atoms with Crippen molar-refractivity contribution in [1.82, 2.24) is 0 Å². The van der Waals surface area contributed by atoms with Crippen molar-refractivity contribution in [3.8, 4) is 5.75 Å². The molecule has 0 fully saturated rings. The fraction of sp³-hybridized carbons (Fsp3) is 0.300. The standard InChI is InChI=1S/C10H13N3O4/c1-2-5-17-7-3-4-8(12-10(11)14)9(6-7)13(15)16/h3-4,6H,2,5H2,1H3,(H3,11,12,14). The van der Waals surface area contributed by atoms with Gasteiger partial charge in [0.2, 0.25) is 0 Å². The van der Waals surface area contributed by atoms with E-state index in [1.165, 1.54) is 18.2 Å². The number of nitrogens with two attached hydrogens (primary N) is 1. The molecule has 0 radical (unpaired) electrons. The third kappa shape index (κ3) is 3.63. The van der Waals surface area contributed by atoms with Crippen LogP contribution in [0.2, 0.25) is 0 Å². The topological polar surface area (TPSA) is 107 Å². The first-order valence-corrected chi connectivity index (χ1v) is 5.02. The van der Waals surface area contributed by atoms with Crippen LogP contribution in [0.1, 0.15) is 13.3 Å². The van der Waals surface area contributed by atoms with Crippen LogP contribution in [-0.2, 0) is 0 Å². The molecule has 0 spiro atoms. The highest BCUT2D eigenvalue weighted by Gasteiger charge is 2.16. The maximum Gasteiger partial charge on any atom is 0.316 e. The molecule has 0 unspecified atom stereocenters. The van der Waals surface area contributed by atoms with Crippen LogP contribution in [0.3, 0.4) is 0 Å². The van der Waals surface area contributed by atoms with Gasteiger partial charge >= 0.3 is 6.03 Å². The van der Waals surface area contributed by atoms with Gasteiger partial charge in [-0.05, 0) is 18.6 Å². The third-order valence-electron chi connectivity index (χ3n) is 1.90. The SMILES string of the molecule is CCCOc1ccc(NC(N)=O)c([N+](=O)[O-])c1. The van der Waals surface area contributed by atoms with E-state index in [1.54, 1.807) is 0 Å². The second-order valence-corrected chi connectivity index (χ2v) is 3.27. The molecule has 7 nitrogen and oxygen atoms in total. The van der Waals surface area contributed by atoms with Crippen LogP contribution >= 0.6 is 0 Å². The molecule has 0 atom stereocenters. The van der Waals surface area contributed by atoms with Gasteiger partial charge in [0.05, 0.1) is 17.6 Å². The Morgan fingerprint density at radius 2 is 2.29 bits per heavy atom. The summed E-state index contributed by atoms with van der Waals surface area (Å²) in [4.78, 5) is 20.8. The van der Waals surface area contributed by atoms with E-state index >= 15 is 0 Å². The van der Waals surface area contributed by atoms with Crippen molar-refractivity contribution in [1.29, 1.82) is 0 Å². The highest BCUT2D eigenvalue weighted by molar-refractivity contribution is 5.90. The molecule has 0 bridgehead atoms. The van der Waals surface area contributed by atoms with Gasteiger partial charge < -0.3 is 15.8 Å². The van der Waals surface area contributed by atoms with E-state index in [4.69, 9.17) is 10.5 Å². The van der Waals surface area contributed by atoms with Gasteiger partial charge in [0.25, 0.3) is 5.69 Å². The molecule has 0 saturated carbocycles. The van der Waals surface area contributed by atoms with Gasteiger partial charge in [-0.2, -0.15) is 0 Å². The molecule has 17 heavy (non-hydrogen) atoms. The van der Waals surface area contributed by atoms with Gasteiger partial charge in [-0.1, -0.05) is 6.92 Å². The number of benzene rings is 1. The Morgan fingerprint density at radius 3 is 2.82 bits per heavy atom. The number of hydrogen-bond donors (Lipinski definition) is 2. The van der Waals surface area contributed by atoms with Crippen molar-refractivity contribution in [2.24, 2.45) is 5.73 Å². The molecule has 0 aliphatic rings. The molecular formula is C10H13N3O4. The van der Waals surface area contributed by atoms with Gasteiger partial charge in [-0.25, -0.2) is 4.79 Å². The Kier molecular flexibility index (Phi) is 4.27. The first kappa shape index (κ1) is 12.8. The third-order valence-corrected chi connectivity index (χ3v) is 1.90. The quantitative estimate of drug-likeness (QED) is 0.604. The Labute approximate surface area is 97.7 Å². The van der Waals surface area contributed by atoms with E-state index in [-0.39, 0.29) is 11.4 Å². The smallest absolute Gasteiger partial charge is 0.316 e. The molecule has 0 aromatic heterocycles. The lowest BCUT2D eigenvalue weighted by Gasteiger charge is -2.07. The van der Waals surface area contributed by atoms with Crippen molar-refractivity contribution in [2.45, 2.75) is 13.3 Å². The lowest BCUT2D eigenvalue weighted by Crippen LogP contribution is -2.20. The average Bonchev–Trinajstić information content (AvgIpc) is 2.26. The zero-order valence-electron chi connectivity index (χ0n) is 9.30. The van der Waals surface area contributed by atoms with Crippen LogP contribution in [0.4, 0.5) is 16.2 Å². The van der Waals surface area contributed by atoms with Crippen molar-refractivity contribution in [3.63, 3.8) is 0 Å². The van der Waals surface area contributed by atoms with Crippen LogP contribution in [0.15, 0.2) is 18.2 Å². The number of primary amides is 1. The molecule has 1 rings (SSSR count).